The summed E-state index contributed by atoms with van der Waals surface area (Å²) in [5.74, 6) is -3.41. The maximum Gasteiger partial charge on any atom is 0.305 e. The topological polar surface area (TPSA) is 144 Å². The smallest absolute Gasteiger partial charge is 0.305 e. The molecular weight excluding hydrogens is 474 g/mol. The summed E-state index contributed by atoms with van der Waals surface area (Å²) in [5.41, 5.74) is 0.635. The second kappa shape index (κ2) is 12.3. The molecule has 34 heavy (non-hydrogen) atoms. The molecule has 11 nitrogen and oxygen atoms in total. The number of carbonyl (C=O) groups excluding carboxylic acids is 5. The van der Waals surface area contributed by atoms with Gasteiger partial charge in [0.2, 0.25) is 12.2 Å². The van der Waals surface area contributed by atoms with E-state index < -0.39 is 67.0 Å². The van der Waals surface area contributed by atoms with Crippen LogP contribution in [0.4, 0.5) is 0 Å². The summed E-state index contributed by atoms with van der Waals surface area (Å²) in [5, 5.41) is 3.13. The van der Waals surface area contributed by atoms with Crippen LogP contribution in [-0.4, -0.2) is 67.0 Å². The number of hydrogen-bond acceptors (Lipinski definition) is 10. The highest BCUT2D eigenvalue weighted by Crippen LogP contribution is 2.28. The molecule has 0 aromatic heterocycles. The van der Waals surface area contributed by atoms with E-state index in [4.69, 9.17) is 35.3 Å². The van der Waals surface area contributed by atoms with Crippen molar-refractivity contribution in [2.75, 3.05) is 6.61 Å². The third kappa shape index (κ3) is 8.31. The van der Waals surface area contributed by atoms with Crippen LogP contribution in [0.5, 0.6) is 0 Å². The highest BCUT2D eigenvalue weighted by Gasteiger charge is 2.52. The number of nitrogens with one attached hydrogen (secondary N) is 1. The minimum absolute atomic E-state index is 0.0810. The second-order valence-electron chi connectivity index (χ2n) is 7.50. The highest BCUT2D eigenvalue weighted by atomic mass is 35.5. The van der Waals surface area contributed by atoms with Crippen molar-refractivity contribution in [1.29, 1.82) is 0 Å². The Balaban J connectivity index is 2.37. The van der Waals surface area contributed by atoms with Gasteiger partial charge in [0.25, 0.3) is 0 Å². The summed E-state index contributed by atoms with van der Waals surface area (Å²) in [6, 6.07) is 5.30. The van der Waals surface area contributed by atoms with Crippen molar-refractivity contribution in [3.05, 3.63) is 34.9 Å². The van der Waals surface area contributed by atoms with Gasteiger partial charge < -0.3 is 29.0 Å². The Bertz CT molecular complexity index is 919. The van der Waals surface area contributed by atoms with E-state index in [9.17, 15) is 24.0 Å². The van der Waals surface area contributed by atoms with Crippen LogP contribution in [0.15, 0.2) is 24.3 Å². The Morgan fingerprint density at radius 2 is 1.41 bits per heavy atom. The SMILES string of the molecule is CC(=O)OC[C@H]1O[C@@H](OC(C)=O)[C@H](NC(=O)Cc2ccc(Cl)cc2)[C@@H](OC(C)=O)[C@@H]1OC(C)=O. The minimum Gasteiger partial charge on any atom is -0.463 e. The zero-order valence-electron chi connectivity index (χ0n) is 19.1. The van der Waals surface area contributed by atoms with Crippen LogP contribution in [0.25, 0.3) is 0 Å². The summed E-state index contributed by atoms with van der Waals surface area (Å²) in [6.45, 7) is 4.13. The van der Waals surface area contributed by atoms with Gasteiger partial charge in [-0.3, -0.25) is 24.0 Å². The maximum absolute atomic E-state index is 12.8. The molecule has 0 spiro atoms. The van der Waals surface area contributed by atoms with Crippen LogP contribution in [0.3, 0.4) is 0 Å². The minimum atomic E-state index is -1.44. The standard InChI is InChI=1S/C22H26ClNO10/c1-11(25)30-10-17-20(31-12(2)26)21(32-13(3)27)19(22(34-17)33-14(4)28)24-18(29)9-15-5-7-16(23)8-6-15/h5-8,17,19-22H,9-10H2,1-4H3,(H,24,29)/t17-,19-,20-,21-,22-/m1/s1. The van der Waals surface area contributed by atoms with Gasteiger partial charge in [0, 0.05) is 32.7 Å². The average Bonchev–Trinajstić information content (AvgIpc) is 2.71. The van der Waals surface area contributed by atoms with Gasteiger partial charge in [-0.2, -0.15) is 0 Å². The zero-order chi connectivity index (χ0) is 25.4. The van der Waals surface area contributed by atoms with Gasteiger partial charge in [0.15, 0.2) is 12.2 Å². The number of amides is 1. The Labute approximate surface area is 200 Å². The molecule has 0 aliphatic carbocycles. The molecule has 5 atom stereocenters. The Hall–Kier alpha value is -3.18. The van der Waals surface area contributed by atoms with Gasteiger partial charge in [0.05, 0.1) is 6.42 Å². The molecule has 186 valence electrons. The molecule has 1 aliphatic heterocycles. The van der Waals surface area contributed by atoms with Crippen molar-refractivity contribution in [2.45, 2.75) is 64.8 Å². The molecule has 1 saturated heterocycles. The molecule has 1 amide bonds. The normalized spacial score (nSPS) is 23.9. The number of hydrogen-bond donors (Lipinski definition) is 1. The molecule has 0 saturated carbocycles. The number of rotatable bonds is 8. The van der Waals surface area contributed by atoms with Crippen LogP contribution >= 0.6 is 11.6 Å². The predicted octanol–water partition coefficient (Wildman–Crippen LogP) is 1.08. The van der Waals surface area contributed by atoms with E-state index in [1.165, 1.54) is 0 Å². The van der Waals surface area contributed by atoms with Crippen molar-refractivity contribution < 1.29 is 47.7 Å². The van der Waals surface area contributed by atoms with Crippen molar-refractivity contribution in [2.24, 2.45) is 0 Å². The summed E-state index contributed by atoms with van der Waals surface area (Å²) in [7, 11) is 0. The van der Waals surface area contributed by atoms with Crippen molar-refractivity contribution in [3.63, 3.8) is 0 Å². The van der Waals surface area contributed by atoms with Crippen LogP contribution in [-0.2, 0) is 54.1 Å². The fourth-order valence-corrected chi connectivity index (χ4v) is 3.47. The van der Waals surface area contributed by atoms with Crippen molar-refractivity contribution in [3.8, 4) is 0 Å². The molecule has 12 heteroatoms. The molecule has 0 unspecified atom stereocenters. The Kier molecular flexibility index (Phi) is 9.82. The van der Waals surface area contributed by atoms with E-state index in [1.54, 1.807) is 24.3 Å². The fourth-order valence-electron chi connectivity index (χ4n) is 3.34. The first-order valence-corrected chi connectivity index (χ1v) is 10.7. The van der Waals surface area contributed by atoms with Crippen molar-refractivity contribution >= 4 is 41.4 Å². The molecular formula is C22H26ClNO10. The molecule has 1 N–H and O–H groups in total. The van der Waals surface area contributed by atoms with E-state index in [2.05, 4.69) is 5.32 Å². The lowest BCUT2D eigenvalue weighted by Crippen LogP contribution is -2.67. The average molecular weight is 500 g/mol. The largest absolute Gasteiger partial charge is 0.463 e. The lowest BCUT2D eigenvalue weighted by atomic mass is 9.95. The van der Waals surface area contributed by atoms with E-state index in [0.29, 0.717) is 10.6 Å². The predicted molar refractivity (Wildman–Crippen MR) is 115 cm³/mol. The molecule has 1 heterocycles. The third-order valence-electron chi connectivity index (χ3n) is 4.59. The molecule has 0 bridgehead atoms. The second-order valence-corrected chi connectivity index (χ2v) is 7.94. The lowest BCUT2D eigenvalue weighted by Gasteiger charge is -2.44. The first-order chi connectivity index (χ1) is 16.0. The summed E-state index contributed by atoms with van der Waals surface area (Å²) >= 11 is 5.87. The zero-order valence-corrected chi connectivity index (χ0v) is 19.8. The Morgan fingerprint density at radius 3 is 1.94 bits per heavy atom. The molecule has 2 rings (SSSR count). The highest BCUT2D eigenvalue weighted by molar-refractivity contribution is 6.30. The number of esters is 4. The van der Waals surface area contributed by atoms with Crippen LogP contribution in [0.2, 0.25) is 5.02 Å². The van der Waals surface area contributed by atoms with Gasteiger partial charge in [-0.15, -0.1) is 0 Å². The maximum atomic E-state index is 12.8. The third-order valence-corrected chi connectivity index (χ3v) is 4.84. The van der Waals surface area contributed by atoms with Gasteiger partial charge in [0.1, 0.15) is 18.8 Å². The van der Waals surface area contributed by atoms with Gasteiger partial charge in [-0.05, 0) is 17.7 Å². The van der Waals surface area contributed by atoms with E-state index in [1.807, 2.05) is 0 Å². The monoisotopic (exact) mass is 499 g/mol. The van der Waals surface area contributed by atoms with Crippen LogP contribution < -0.4 is 5.32 Å². The van der Waals surface area contributed by atoms with Gasteiger partial charge in [-0.1, -0.05) is 23.7 Å². The van der Waals surface area contributed by atoms with Crippen LogP contribution in [0, 0.1) is 0 Å². The fraction of sp³-hybridized carbons (Fsp3) is 0.500. The Morgan fingerprint density at radius 1 is 0.853 bits per heavy atom. The number of ether oxygens (including phenoxy) is 5. The number of carbonyl (C=O) groups is 5. The van der Waals surface area contributed by atoms with Crippen LogP contribution in [0.1, 0.15) is 33.3 Å². The summed E-state index contributed by atoms with van der Waals surface area (Å²) in [6.07, 6.45) is -5.29. The molecule has 1 fully saturated rings. The van der Waals surface area contributed by atoms with E-state index in [-0.39, 0.29) is 6.42 Å². The summed E-state index contributed by atoms with van der Waals surface area (Å²) < 4.78 is 26.6. The molecule has 1 aromatic rings. The van der Waals surface area contributed by atoms with Gasteiger partial charge in [-0.25, -0.2) is 0 Å². The van der Waals surface area contributed by atoms with E-state index >= 15 is 0 Å². The van der Waals surface area contributed by atoms with Gasteiger partial charge >= 0.3 is 23.9 Å². The summed E-state index contributed by atoms with van der Waals surface area (Å²) in [4.78, 5) is 59.5. The molecule has 1 aliphatic rings. The lowest BCUT2D eigenvalue weighted by molar-refractivity contribution is -0.271. The quantitative estimate of drug-likeness (QED) is 0.407. The number of benzene rings is 1. The first kappa shape index (κ1) is 27.1. The number of halogens is 1. The van der Waals surface area contributed by atoms with E-state index in [0.717, 1.165) is 27.7 Å². The molecule has 0 radical (unpaired) electrons. The van der Waals surface area contributed by atoms with Crippen molar-refractivity contribution in [1.82, 2.24) is 5.32 Å². The first-order valence-electron chi connectivity index (χ1n) is 10.3. The molecule has 1 aromatic carbocycles.